The zero-order valence-electron chi connectivity index (χ0n) is 12.7. The van der Waals surface area contributed by atoms with Crippen molar-refractivity contribution in [3.8, 4) is 0 Å². The van der Waals surface area contributed by atoms with E-state index in [4.69, 9.17) is 0 Å². The van der Waals surface area contributed by atoms with Crippen LogP contribution in [0.2, 0.25) is 0 Å². The van der Waals surface area contributed by atoms with Gasteiger partial charge in [-0.1, -0.05) is 19.9 Å². The van der Waals surface area contributed by atoms with Gasteiger partial charge in [0.2, 0.25) is 0 Å². The number of urea groups is 1. The third kappa shape index (κ3) is 4.26. The topological polar surface area (TPSA) is 70.2 Å². The molecule has 5 nitrogen and oxygen atoms in total. The lowest BCUT2D eigenvalue weighted by Crippen LogP contribution is -2.39. The van der Waals surface area contributed by atoms with Crippen LogP contribution in [0.1, 0.15) is 36.7 Å². The van der Waals surface area contributed by atoms with Gasteiger partial charge in [0.1, 0.15) is 0 Å². The Kier molecular flexibility index (Phi) is 5.55. The summed E-state index contributed by atoms with van der Waals surface area (Å²) < 4.78 is 0. The molecule has 0 saturated carbocycles. The van der Waals surface area contributed by atoms with Crippen molar-refractivity contribution in [2.24, 2.45) is 5.92 Å². The fourth-order valence-corrected chi connectivity index (χ4v) is 1.57. The second kappa shape index (κ2) is 6.93. The van der Waals surface area contributed by atoms with Gasteiger partial charge >= 0.3 is 6.03 Å². The quantitative estimate of drug-likeness (QED) is 0.791. The van der Waals surface area contributed by atoms with Crippen LogP contribution in [0, 0.1) is 12.8 Å². The SMILES string of the molecule is CNC(=O)c1ccc(C)c(NC(=O)N[C@H](C)C(C)C)c1. The van der Waals surface area contributed by atoms with Crippen molar-refractivity contribution in [3.63, 3.8) is 0 Å². The maximum Gasteiger partial charge on any atom is 0.319 e. The van der Waals surface area contributed by atoms with Gasteiger partial charge in [-0.2, -0.15) is 0 Å². The molecule has 3 N–H and O–H groups in total. The second-order valence-electron chi connectivity index (χ2n) is 5.24. The number of hydrogen-bond donors (Lipinski definition) is 3. The molecule has 20 heavy (non-hydrogen) atoms. The maximum atomic E-state index is 11.9. The van der Waals surface area contributed by atoms with Gasteiger partial charge in [0.15, 0.2) is 0 Å². The molecule has 0 aliphatic heterocycles. The average molecular weight is 277 g/mol. The average Bonchev–Trinajstić information content (AvgIpc) is 2.40. The van der Waals surface area contributed by atoms with Gasteiger partial charge in [-0.3, -0.25) is 4.79 Å². The first kappa shape index (κ1) is 16.0. The minimum absolute atomic E-state index is 0.0810. The van der Waals surface area contributed by atoms with Crippen LogP contribution in [0.4, 0.5) is 10.5 Å². The molecular weight excluding hydrogens is 254 g/mol. The molecule has 0 aliphatic carbocycles. The lowest BCUT2D eigenvalue weighted by Gasteiger charge is -2.18. The summed E-state index contributed by atoms with van der Waals surface area (Å²) in [5, 5.41) is 8.21. The number of carbonyl (C=O) groups excluding carboxylic acids is 2. The first-order valence-electron chi connectivity index (χ1n) is 6.75. The summed E-state index contributed by atoms with van der Waals surface area (Å²) in [6.07, 6.45) is 0. The van der Waals surface area contributed by atoms with E-state index in [1.165, 1.54) is 0 Å². The zero-order chi connectivity index (χ0) is 15.3. The highest BCUT2D eigenvalue weighted by Gasteiger charge is 2.12. The van der Waals surface area contributed by atoms with Crippen LogP contribution >= 0.6 is 0 Å². The largest absolute Gasteiger partial charge is 0.355 e. The van der Waals surface area contributed by atoms with Gasteiger partial charge in [-0.25, -0.2) is 4.79 Å². The maximum absolute atomic E-state index is 11.9. The van der Waals surface area contributed by atoms with Gasteiger partial charge in [-0.05, 0) is 37.5 Å². The third-order valence-electron chi connectivity index (χ3n) is 3.33. The Morgan fingerprint density at radius 3 is 2.35 bits per heavy atom. The molecule has 1 aromatic rings. The first-order chi connectivity index (χ1) is 9.35. The second-order valence-corrected chi connectivity index (χ2v) is 5.24. The Morgan fingerprint density at radius 2 is 1.80 bits per heavy atom. The summed E-state index contributed by atoms with van der Waals surface area (Å²) >= 11 is 0. The number of anilines is 1. The van der Waals surface area contributed by atoms with Crippen LogP contribution < -0.4 is 16.0 Å². The van der Waals surface area contributed by atoms with Gasteiger partial charge in [-0.15, -0.1) is 0 Å². The molecule has 0 aliphatic rings. The normalized spacial score (nSPS) is 11.9. The number of rotatable bonds is 4. The molecule has 1 aromatic carbocycles. The number of aryl methyl sites for hydroxylation is 1. The summed E-state index contributed by atoms with van der Waals surface area (Å²) in [6, 6.07) is 5.04. The number of nitrogens with one attached hydrogen (secondary N) is 3. The zero-order valence-corrected chi connectivity index (χ0v) is 12.7. The summed E-state index contributed by atoms with van der Waals surface area (Å²) in [7, 11) is 1.58. The van der Waals surface area contributed by atoms with Crippen LogP contribution in [-0.4, -0.2) is 25.0 Å². The summed E-state index contributed by atoms with van der Waals surface area (Å²) in [5.41, 5.74) is 2.06. The van der Waals surface area contributed by atoms with Crippen LogP contribution in [0.15, 0.2) is 18.2 Å². The molecule has 0 fully saturated rings. The Bertz CT molecular complexity index is 498. The smallest absolute Gasteiger partial charge is 0.319 e. The fraction of sp³-hybridized carbons (Fsp3) is 0.467. The molecule has 3 amide bonds. The molecule has 0 unspecified atom stereocenters. The minimum Gasteiger partial charge on any atom is -0.355 e. The highest BCUT2D eigenvalue weighted by atomic mass is 16.2. The molecule has 0 bridgehead atoms. The van der Waals surface area contributed by atoms with E-state index >= 15 is 0 Å². The van der Waals surface area contributed by atoms with E-state index < -0.39 is 0 Å². The summed E-state index contributed by atoms with van der Waals surface area (Å²) in [6.45, 7) is 7.93. The van der Waals surface area contributed by atoms with E-state index in [2.05, 4.69) is 16.0 Å². The van der Waals surface area contributed by atoms with Crippen LogP contribution in [0.25, 0.3) is 0 Å². The molecule has 0 aromatic heterocycles. The van der Waals surface area contributed by atoms with Crippen molar-refractivity contribution in [1.82, 2.24) is 10.6 Å². The third-order valence-corrected chi connectivity index (χ3v) is 3.33. The highest BCUT2D eigenvalue weighted by molar-refractivity contribution is 5.97. The van der Waals surface area contributed by atoms with E-state index in [1.54, 1.807) is 19.2 Å². The Labute approximate surface area is 120 Å². The first-order valence-corrected chi connectivity index (χ1v) is 6.75. The minimum atomic E-state index is -0.261. The standard InChI is InChI=1S/C15H23N3O2/c1-9(2)11(4)17-15(20)18-13-8-12(14(19)16-5)7-6-10(13)3/h6-9,11H,1-5H3,(H,16,19)(H2,17,18,20)/t11-/m1/s1. The number of amides is 3. The van der Waals surface area contributed by atoms with Crippen LogP contribution in [0.3, 0.4) is 0 Å². The summed E-state index contributed by atoms with van der Waals surface area (Å²) in [4.78, 5) is 23.5. The molecule has 0 spiro atoms. The molecule has 0 radical (unpaired) electrons. The Balaban J connectivity index is 2.81. The molecule has 5 heteroatoms. The van der Waals surface area contributed by atoms with Gasteiger partial charge in [0.25, 0.3) is 5.91 Å². The van der Waals surface area contributed by atoms with E-state index in [0.29, 0.717) is 17.2 Å². The fourth-order valence-electron chi connectivity index (χ4n) is 1.57. The van der Waals surface area contributed by atoms with E-state index in [1.807, 2.05) is 33.8 Å². The van der Waals surface area contributed by atoms with Gasteiger partial charge < -0.3 is 16.0 Å². The predicted octanol–water partition coefficient (Wildman–Crippen LogP) is 2.52. The van der Waals surface area contributed by atoms with Crippen molar-refractivity contribution in [2.45, 2.75) is 33.7 Å². The number of carbonyl (C=O) groups is 2. The Morgan fingerprint density at radius 1 is 1.15 bits per heavy atom. The lowest BCUT2D eigenvalue weighted by molar-refractivity contribution is 0.0963. The molecule has 1 rings (SSSR count). The monoisotopic (exact) mass is 277 g/mol. The van der Waals surface area contributed by atoms with E-state index in [9.17, 15) is 9.59 Å². The molecule has 0 saturated heterocycles. The molecule has 0 heterocycles. The predicted molar refractivity (Wildman–Crippen MR) is 81.0 cm³/mol. The lowest BCUT2D eigenvalue weighted by atomic mass is 10.1. The molecule has 1 atom stereocenters. The number of benzene rings is 1. The van der Waals surface area contributed by atoms with Crippen LogP contribution in [0.5, 0.6) is 0 Å². The van der Waals surface area contributed by atoms with E-state index in [0.717, 1.165) is 5.56 Å². The van der Waals surface area contributed by atoms with E-state index in [-0.39, 0.29) is 18.0 Å². The highest BCUT2D eigenvalue weighted by Crippen LogP contribution is 2.17. The molecule has 110 valence electrons. The summed E-state index contributed by atoms with van der Waals surface area (Å²) in [5.74, 6) is 0.183. The van der Waals surface area contributed by atoms with Crippen molar-refractivity contribution in [1.29, 1.82) is 0 Å². The van der Waals surface area contributed by atoms with Crippen molar-refractivity contribution < 1.29 is 9.59 Å². The van der Waals surface area contributed by atoms with Crippen molar-refractivity contribution in [3.05, 3.63) is 29.3 Å². The van der Waals surface area contributed by atoms with Crippen molar-refractivity contribution in [2.75, 3.05) is 12.4 Å². The van der Waals surface area contributed by atoms with Crippen molar-refractivity contribution >= 4 is 17.6 Å². The number of hydrogen-bond acceptors (Lipinski definition) is 2. The van der Waals surface area contributed by atoms with Gasteiger partial charge in [0, 0.05) is 24.3 Å². The van der Waals surface area contributed by atoms with Gasteiger partial charge in [0.05, 0.1) is 0 Å². The Hall–Kier alpha value is -2.04. The van der Waals surface area contributed by atoms with Crippen LogP contribution in [-0.2, 0) is 0 Å². The molecular formula is C15H23N3O2.